The van der Waals surface area contributed by atoms with Gasteiger partial charge in [-0.1, -0.05) is 19.0 Å². The maximum Gasteiger partial charge on any atom is 0.139 e. The van der Waals surface area contributed by atoms with Gasteiger partial charge in [0.2, 0.25) is 0 Å². The number of hydrogen-bond acceptors (Lipinski definition) is 7. The number of hydrazine groups is 1. The lowest BCUT2D eigenvalue weighted by Gasteiger charge is -2.59. The van der Waals surface area contributed by atoms with E-state index in [1.807, 2.05) is 0 Å². The zero-order valence-electron chi connectivity index (χ0n) is 20.7. The molecule has 4 aliphatic rings. The van der Waals surface area contributed by atoms with Gasteiger partial charge in [-0.05, 0) is 93.3 Å². The Morgan fingerprint density at radius 2 is 1.97 bits per heavy atom. The molecule has 0 aliphatic heterocycles. The first-order valence-electron chi connectivity index (χ1n) is 13.2. The monoisotopic (exact) mass is 459 g/mol. The summed E-state index contributed by atoms with van der Waals surface area (Å²) in [4.78, 5) is 18.3. The molecule has 0 aromatic rings. The predicted octanol–water partition coefficient (Wildman–Crippen LogP) is 3.69. The average Bonchev–Trinajstić information content (AvgIpc) is 3.10. The third-order valence-corrected chi connectivity index (χ3v) is 9.87. The smallest absolute Gasteiger partial charge is 0.139 e. The van der Waals surface area contributed by atoms with Gasteiger partial charge in [-0.2, -0.15) is 0 Å². The molecule has 0 aromatic heterocycles. The van der Waals surface area contributed by atoms with E-state index in [-0.39, 0.29) is 5.41 Å². The highest BCUT2D eigenvalue weighted by atomic mass is 16.6. The van der Waals surface area contributed by atoms with Crippen molar-refractivity contribution in [3.05, 3.63) is 11.9 Å². The molecule has 4 unspecified atom stereocenters. The molecule has 0 spiro atoms. The number of fused-ring (bicyclic) bond motifs is 5. The number of carbonyl (C=O) groups excluding carboxylic acids is 1. The highest BCUT2D eigenvalue weighted by Crippen LogP contribution is 2.65. The van der Waals surface area contributed by atoms with Crippen LogP contribution in [0.15, 0.2) is 17.1 Å². The number of carbonyl (C=O) groups is 1. The van der Waals surface area contributed by atoms with Crippen molar-refractivity contribution >= 4 is 11.5 Å². The summed E-state index contributed by atoms with van der Waals surface area (Å²) in [5, 5.41) is 6.13. The second-order valence-corrected chi connectivity index (χ2v) is 11.6. The van der Waals surface area contributed by atoms with E-state index >= 15 is 0 Å². The Kier molecular flexibility index (Phi) is 7.39. The SMILES string of the molecule is C[C@]12CC/C(=N/OCCCCN(N)/C=C(\N)CN)CC1CCC1C2CC[C@]2(C)C(=O)CCC12. The van der Waals surface area contributed by atoms with Crippen LogP contribution in [0.1, 0.15) is 84.5 Å². The van der Waals surface area contributed by atoms with E-state index in [1.54, 1.807) is 11.2 Å². The van der Waals surface area contributed by atoms with Crippen molar-refractivity contribution in [1.29, 1.82) is 0 Å². The zero-order chi connectivity index (χ0) is 23.6. The number of unbranched alkanes of at least 4 members (excludes halogenated alkanes) is 1. The van der Waals surface area contributed by atoms with Gasteiger partial charge in [-0.3, -0.25) is 4.79 Å². The van der Waals surface area contributed by atoms with Gasteiger partial charge in [0.25, 0.3) is 0 Å². The summed E-state index contributed by atoms with van der Waals surface area (Å²) in [6.45, 7) is 6.48. The van der Waals surface area contributed by atoms with Crippen LogP contribution in [0.5, 0.6) is 0 Å². The quantitative estimate of drug-likeness (QED) is 0.289. The Labute approximate surface area is 199 Å². The number of hydrogen-bond donors (Lipinski definition) is 3. The van der Waals surface area contributed by atoms with Crippen LogP contribution in [0.2, 0.25) is 0 Å². The summed E-state index contributed by atoms with van der Waals surface area (Å²) in [7, 11) is 0. The van der Waals surface area contributed by atoms with Gasteiger partial charge >= 0.3 is 0 Å². The molecule has 7 nitrogen and oxygen atoms in total. The normalized spacial score (nSPS) is 39.7. The van der Waals surface area contributed by atoms with Crippen molar-refractivity contribution in [2.24, 2.45) is 57.0 Å². The van der Waals surface area contributed by atoms with Crippen molar-refractivity contribution in [3.63, 3.8) is 0 Å². The number of nitrogens with two attached hydrogens (primary N) is 3. The highest BCUT2D eigenvalue weighted by molar-refractivity contribution is 5.87. The Morgan fingerprint density at radius 1 is 1.15 bits per heavy atom. The molecular weight excluding hydrogens is 414 g/mol. The van der Waals surface area contributed by atoms with Gasteiger partial charge in [0, 0.05) is 36.8 Å². The van der Waals surface area contributed by atoms with Crippen LogP contribution < -0.4 is 17.3 Å². The molecule has 0 radical (unpaired) electrons. The molecule has 0 bridgehead atoms. The molecule has 186 valence electrons. The molecule has 33 heavy (non-hydrogen) atoms. The van der Waals surface area contributed by atoms with E-state index in [2.05, 4.69) is 19.0 Å². The third kappa shape index (κ3) is 4.81. The van der Waals surface area contributed by atoms with Crippen molar-refractivity contribution in [3.8, 4) is 0 Å². The van der Waals surface area contributed by atoms with Crippen LogP contribution >= 0.6 is 0 Å². The van der Waals surface area contributed by atoms with Crippen LogP contribution in [0.25, 0.3) is 0 Å². The fraction of sp³-hybridized carbons (Fsp3) is 0.846. The fourth-order valence-corrected chi connectivity index (χ4v) is 7.84. The van der Waals surface area contributed by atoms with Crippen LogP contribution in [0.3, 0.4) is 0 Å². The Bertz CT molecular complexity index is 783. The van der Waals surface area contributed by atoms with Crippen molar-refractivity contribution < 1.29 is 9.63 Å². The zero-order valence-corrected chi connectivity index (χ0v) is 20.7. The maximum absolute atomic E-state index is 12.6. The summed E-state index contributed by atoms with van der Waals surface area (Å²) in [5.41, 5.74) is 13.4. The molecule has 6 N–H and O–H groups in total. The van der Waals surface area contributed by atoms with Crippen molar-refractivity contribution in [2.75, 3.05) is 19.7 Å². The van der Waals surface area contributed by atoms with Crippen LogP contribution in [0.4, 0.5) is 0 Å². The van der Waals surface area contributed by atoms with Crippen LogP contribution in [-0.4, -0.2) is 36.2 Å². The number of ketones is 1. The minimum Gasteiger partial charge on any atom is -0.400 e. The fourth-order valence-electron chi connectivity index (χ4n) is 7.84. The number of Topliss-reactive ketones (excluding diaryl/α,β-unsaturated/α-hetero) is 1. The third-order valence-electron chi connectivity index (χ3n) is 9.87. The van der Waals surface area contributed by atoms with Crippen molar-refractivity contribution in [1.82, 2.24) is 5.01 Å². The second-order valence-electron chi connectivity index (χ2n) is 11.6. The lowest BCUT2D eigenvalue weighted by molar-refractivity contribution is -0.137. The van der Waals surface area contributed by atoms with Gasteiger partial charge in [0.15, 0.2) is 0 Å². The summed E-state index contributed by atoms with van der Waals surface area (Å²) in [6, 6.07) is 0. The highest BCUT2D eigenvalue weighted by Gasteiger charge is 2.60. The first-order chi connectivity index (χ1) is 15.8. The number of rotatable bonds is 8. The van der Waals surface area contributed by atoms with Gasteiger partial charge in [0.1, 0.15) is 12.4 Å². The minimum absolute atomic E-state index is 0.0201. The maximum atomic E-state index is 12.6. The van der Waals surface area contributed by atoms with E-state index in [0.717, 1.165) is 63.3 Å². The standard InChI is InChI=1S/C26H45N5O2/c1-25-11-9-20(30-33-14-4-3-13-31(29)17-19(28)16-27)15-18(25)5-6-21-22-7-8-24(32)26(22,2)12-10-23(21)25/h17-18,21-23H,3-16,27-29H2,1-2H3/b19-17-,30-20-/t18?,21?,22?,23?,25-,26-/m0/s1. The lowest BCUT2D eigenvalue weighted by Crippen LogP contribution is -2.53. The molecule has 4 aliphatic carbocycles. The molecular formula is C26H45N5O2. The number of nitrogens with zero attached hydrogens (tertiary/aromatic N) is 2. The Hall–Kier alpha value is -1.60. The molecule has 6 atom stereocenters. The molecule has 4 rings (SSSR count). The van der Waals surface area contributed by atoms with Gasteiger partial charge in [-0.25, -0.2) is 5.84 Å². The first kappa shape index (κ1) is 24.5. The topological polar surface area (TPSA) is 120 Å². The molecule has 0 amide bonds. The Balaban J connectivity index is 1.25. The Morgan fingerprint density at radius 3 is 2.76 bits per heavy atom. The van der Waals surface area contributed by atoms with Crippen molar-refractivity contribution in [2.45, 2.75) is 84.5 Å². The van der Waals surface area contributed by atoms with E-state index < -0.39 is 0 Å². The van der Waals surface area contributed by atoms with E-state index in [1.165, 1.54) is 31.4 Å². The second kappa shape index (κ2) is 9.95. The van der Waals surface area contributed by atoms with Gasteiger partial charge < -0.3 is 21.3 Å². The van der Waals surface area contributed by atoms with E-state index in [4.69, 9.17) is 22.1 Å². The van der Waals surface area contributed by atoms with Crippen LogP contribution in [0, 0.1) is 34.5 Å². The molecule has 4 fully saturated rings. The van der Waals surface area contributed by atoms with Gasteiger partial charge in [0.05, 0.1) is 5.71 Å². The summed E-state index contributed by atoms with van der Waals surface area (Å²) in [5.74, 6) is 9.30. The first-order valence-corrected chi connectivity index (χ1v) is 13.2. The van der Waals surface area contributed by atoms with E-state index in [0.29, 0.717) is 41.9 Å². The largest absolute Gasteiger partial charge is 0.400 e. The lowest BCUT2D eigenvalue weighted by atomic mass is 9.45. The van der Waals surface area contributed by atoms with Gasteiger partial charge in [-0.15, -0.1) is 0 Å². The predicted molar refractivity (Wildman–Crippen MR) is 132 cm³/mol. The van der Waals surface area contributed by atoms with E-state index in [9.17, 15) is 4.79 Å². The molecule has 7 heteroatoms. The molecule has 0 saturated heterocycles. The average molecular weight is 460 g/mol. The summed E-state index contributed by atoms with van der Waals surface area (Å²) >= 11 is 0. The molecule has 0 heterocycles. The number of oxime groups is 1. The van der Waals surface area contributed by atoms with Crippen LogP contribution in [-0.2, 0) is 9.63 Å². The molecule has 4 saturated carbocycles. The molecule has 0 aromatic carbocycles. The summed E-state index contributed by atoms with van der Waals surface area (Å²) < 4.78 is 0. The summed E-state index contributed by atoms with van der Waals surface area (Å²) in [6.07, 6.45) is 13.7. The minimum atomic E-state index is -0.0201.